The second kappa shape index (κ2) is 6.03. The van der Waals surface area contributed by atoms with E-state index in [0.717, 1.165) is 25.8 Å². The summed E-state index contributed by atoms with van der Waals surface area (Å²) in [6.07, 6.45) is 3.13. The third kappa shape index (κ3) is 3.20. The van der Waals surface area contributed by atoms with Gasteiger partial charge < -0.3 is 10.0 Å². The molecule has 98 valence electrons. The molecule has 1 aliphatic carbocycles. The minimum absolute atomic E-state index is 0.0340. The number of carboxylic acids is 1. The van der Waals surface area contributed by atoms with Crippen molar-refractivity contribution < 1.29 is 14.7 Å². The van der Waals surface area contributed by atoms with Crippen molar-refractivity contribution >= 4 is 11.9 Å². The molecule has 4 nitrogen and oxygen atoms in total. The van der Waals surface area contributed by atoms with Gasteiger partial charge in [-0.2, -0.15) is 0 Å². The Morgan fingerprint density at radius 2 is 1.88 bits per heavy atom. The molecule has 0 aromatic rings. The third-order valence-corrected chi connectivity index (χ3v) is 3.52. The average molecular weight is 241 g/mol. The van der Waals surface area contributed by atoms with E-state index in [1.807, 2.05) is 25.7 Å². The van der Waals surface area contributed by atoms with Crippen molar-refractivity contribution in [1.82, 2.24) is 4.90 Å². The van der Waals surface area contributed by atoms with Gasteiger partial charge >= 0.3 is 5.97 Å². The molecule has 17 heavy (non-hydrogen) atoms. The van der Waals surface area contributed by atoms with Crippen LogP contribution in [0.2, 0.25) is 0 Å². The van der Waals surface area contributed by atoms with Gasteiger partial charge in [-0.1, -0.05) is 13.3 Å². The van der Waals surface area contributed by atoms with E-state index in [0.29, 0.717) is 6.42 Å². The van der Waals surface area contributed by atoms with Gasteiger partial charge in [0.1, 0.15) is 0 Å². The number of carbonyl (C=O) groups is 2. The Kier molecular flexibility index (Phi) is 4.97. The fourth-order valence-electron chi connectivity index (χ4n) is 2.63. The zero-order valence-corrected chi connectivity index (χ0v) is 11.0. The van der Waals surface area contributed by atoms with Crippen molar-refractivity contribution in [3.8, 4) is 0 Å². The first kappa shape index (κ1) is 14.0. The number of hydrogen-bond donors (Lipinski definition) is 1. The van der Waals surface area contributed by atoms with E-state index in [9.17, 15) is 9.59 Å². The number of amides is 1. The van der Waals surface area contributed by atoms with E-state index in [2.05, 4.69) is 0 Å². The maximum absolute atomic E-state index is 12.4. The van der Waals surface area contributed by atoms with Crippen LogP contribution in [0.1, 0.15) is 46.5 Å². The van der Waals surface area contributed by atoms with E-state index < -0.39 is 11.9 Å². The molecule has 0 spiro atoms. The number of carboxylic acid groups (broad SMARTS) is 1. The Bertz CT molecular complexity index is 288. The van der Waals surface area contributed by atoms with Crippen molar-refractivity contribution in [3.63, 3.8) is 0 Å². The molecule has 0 aromatic carbocycles. The maximum atomic E-state index is 12.4. The van der Waals surface area contributed by atoms with E-state index >= 15 is 0 Å². The summed E-state index contributed by atoms with van der Waals surface area (Å²) >= 11 is 0. The Morgan fingerprint density at radius 1 is 1.29 bits per heavy atom. The molecule has 0 aliphatic heterocycles. The first-order valence-electron chi connectivity index (χ1n) is 6.52. The molecule has 1 N–H and O–H groups in total. The molecule has 1 fully saturated rings. The molecule has 4 heteroatoms. The van der Waals surface area contributed by atoms with Crippen LogP contribution in [0, 0.1) is 11.8 Å². The maximum Gasteiger partial charge on any atom is 0.307 e. The van der Waals surface area contributed by atoms with Crippen molar-refractivity contribution in [2.75, 3.05) is 6.54 Å². The van der Waals surface area contributed by atoms with Gasteiger partial charge in [0.2, 0.25) is 5.91 Å². The lowest BCUT2D eigenvalue weighted by atomic mass is 9.94. The van der Waals surface area contributed by atoms with Gasteiger partial charge in [-0.15, -0.1) is 0 Å². The molecule has 0 radical (unpaired) electrons. The molecular weight excluding hydrogens is 218 g/mol. The van der Waals surface area contributed by atoms with Gasteiger partial charge in [0.15, 0.2) is 0 Å². The molecule has 1 saturated carbocycles. The standard InChI is InChI=1S/C13H23NO3/c1-4-8-14(9(2)3)12(15)10-6-5-7-11(10)13(16)17/h9-11H,4-8H2,1-3H3,(H,16,17). The van der Waals surface area contributed by atoms with Crippen LogP contribution < -0.4 is 0 Å². The molecule has 1 aliphatic rings. The van der Waals surface area contributed by atoms with Gasteiger partial charge in [0.05, 0.1) is 11.8 Å². The van der Waals surface area contributed by atoms with Gasteiger partial charge in [0, 0.05) is 12.6 Å². The van der Waals surface area contributed by atoms with Crippen LogP contribution in [0.4, 0.5) is 0 Å². The topological polar surface area (TPSA) is 57.6 Å². The monoisotopic (exact) mass is 241 g/mol. The van der Waals surface area contributed by atoms with Crippen molar-refractivity contribution in [3.05, 3.63) is 0 Å². The summed E-state index contributed by atoms with van der Waals surface area (Å²) < 4.78 is 0. The lowest BCUT2D eigenvalue weighted by Crippen LogP contribution is -2.43. The van der Waals surface area contributed by atoms with E-state index in [1.165, 1.54) is 0 Å². The lowest BCUT2D eigenvalue weighted by molar-refractivity contribution is -0.149. The highest BCUT2D eigenvalue weighted by atomic mass is 16.4. The summed E-state index contributed by atoms with van der Waals surface area (Å²) in [6.45, 7) is 6.72. The Balaban J connectivity index is 2.75. The summed E-state index contributed by atoms with van der Waals surface area (Å²) in [4.78, 5) is 25.3. The number of hydrogen-bond acceptors (Lipinski definition) is 2. The Labute approximate surface area is 103 Å². The fourth-order valence-corrected chi connectivity index (χ4v) is 2.63. The summed E-state index contributed by atoms with van der Waals surface area (Å²) in [7, 11) is 0. The smallest absolute Gasteiger partial charge is 0.307 e. The van der Waals surface area contributed by atoms with E-state index in [-0.39, 0.29) is 17.9 Å². The quantitative estimate of drug-likeness (QED) is 0.802. The minimum atomic E-state index is -0.818. The van der Waals surface area contributed by atoms with Crippen LogP contribution in [0.15, 0.2) is 0 Å². The fraction of sp³-hybridized carbons (Fsp3) is 0.846. The van der Waals surface area contributed by atoms with Crippen LogP contribution in [0.3, 0.4) is 0 Å². The van der Waals surface area contributed by atoms with E-state index in [4.69, 9.17) is 5.11 Å². The molecule has 0 bridgehead atoms. The second-order valence-corrected chi connectivity index (χ2v) is 5.11. The predicted molar refractivity (Wildman–Crippen MR) is 65.6 cm³/mol. The highest BCUT2D eigenvalue weighted by molar-refractivity contribution is 5.85. The highest BCUT2D eigenvalue weighted by Gasteiger charge is 2.39. The number of carbonyl (C=O) groups excluding carboxylic acids is 1. The molecule has 1 amide bonds. The van der Waals surface area contributed by atoms with Crippen LogP contribution in [-0.2, 0) is 9.59 Å². The minimum Gasteiger partial charge on any atom is -0.481 e. The molecule has 1 rings (SSSR count). The van der Waals surface area contributed by atoms with Gasteiger partial charge in [0.25, 0.3) is 0 Å². The largest absolute Gasteiger partial charge is 0.481 e. The van der Waals surface area contributed by atoms with Crippen molar-refractivity contribution in [1.29, 1.82) is 0 Å². The zero-order chi connectivity index (χ0) is 13.0. The normalized spacial score (nSPS) is 24.0. The second-order valence-electron chi connectivity index (χ2n) is 5.11. The Morgan fingerprint density at radius 3 is 2.35 bits per heavy atom. The molecule has 0 aromatic heterocycles. The van der Waals surface area contributed by atoms with Gasteiger partial charge in [-0.05, 0) is 33.1 Å². The Hall–Kier alpha value is -1.06. The summed E-state index contributed by atoms with van der Waals surface area (Å²) in [5, 5.41) is 9.11. The van der Waals surface area contributed by atoms with Crippen molar-refractivity contribution in [2.24, 2.45) is 11.8 Å². The van der Waals surface area contributed by atoms with Crippen LogP contribution >= 0.6 is 0 Å². The average Bonchev–Trinajstić information content (AvgIpc) is 2.73. The number of aliphatic carboxylic acids is 1. The molecule has 2 atom stereocenters. The highest BCUT2D eigenvalue weighted by Crippen LogP contribution is 2.33. The number of rotatable bonds is 5. The lowest BCUT2D eigenvalue weighted by Gasteiger charge is -2.30. The first-order valence-corrected chi connectivity index (χ1v) is 6.52. The summed E-state index contributed by atoms with van der Waals surface area (Å²) in [5.74, 6) is -1.56. The van der Waals surface area contributed by atoms with Crippen LogP contribution in [0.5, 0.6) is 0 Å². The first-order chi connectivity index (χ1) is 7.99. The van der Waals surface area contributed by atoms with Crippen molar-refractivity contribution in [2.45, 2.75) is 52.5 Å². The van der Waals surface area contributed by atoms with Gasteiger partial charge in [-0.3, -0.25) is 9.59 Å². The van der Waals surface area contributed by atoms with E-state index in [1.54, 1.807) is 0 Å². The van der Waals surface area contributed by atoms with Crippen LogP contribution in [0.25, 0.3) is 0 Å². The number of nitrogens with zero attached hydrogens (tertiary/aromatic N) is 1. The molecule has 2 unspecified atom stereocenters. The zero-order valence-electron chi connectivity index (χ0n) is 11.0. The molecule has 0 heterocycles. The van der Waals surface area contributed by atoms with Crippen LogP contribution in [-0.4, -0.2) is 34.5 Å². The third-order valence-electron chi connectivity index (χ3n) is 3.52. The molecule has 0 saturated heterocycles. The van der Waals surface area contributed by atoms with Gasteiger partial charge in [-0.25, -0.2) is 0 Å². The SMILES string of the molecule is CCCN(C(=O)C1CCCC1C(=O)O)C(C)C. The molecular formula is C13H23NO3. The summed E-state index contributed by atoms with van der Waals surface area (Å²) in [5.41, 5.74) is 0. The predicted octanol–water partition coefficient (Wildman–Crippen LogP) is 2.13. The summed E-state index contributed by atoms with van der Waals surface area (Å²) in [6, 6.07) is 0.150.